The highest BCUT2D eigenvalue weighted by Gasteiger charge is 2.11. The molecule has 1 atom stereocenters. The summed E-state index contributed by atoms with van der Waals surface area (Å²) in [5.41, 5.74) is 0. The SMILES string of the molecule is CCC(CNC(=NC)NCCCOC)Oc1ccccc1Cl.I. The first kappa shape index (κ1) is 22.3. The molecule has 0 aliphatic carbocycles. The molecule has 0 aliphatic rings. The van der Waals surface area contributed by atoms with Crippen LogP contribution >= 0.6 is 35.6 Å². The van der Waals surface area contributed by atoms with Gasteiger partial charge in [0.05, 0.1) is 11.6 Å². The maximum atomic E-state index is 6.12. The number of hydrogen-bond acceptors (Lipinski definition) is 3. The monoisotopic (exact) mass is 455 g/mol. The molecule has 2 N–H and O–H groups in total. The Morgan fingerprint density at radius 2 is 2.04 bits per heavy atom. The fourth-order valence-electron chi connectivity index (χ4n) is 1.84. The molecule has 0 radical (unpaired) electrons. The van der Waals surface area contributed by atoms with Crippen LogP contribution in [0.1, 0.15) is 19.8 Å². The number of rotatable bonds is 9. The average Bonchev–Trinajstić information content (AvgIpc) is 2.54. The van der Waals surface area contributed by atoms with Gasteiger partial charge in [-0.3, -0.25) is 4.99 Å². The number of benzene rings is 1. The molecule has 1 unspecified atom stereocenters. The second-order valence-corrected chi connectivity index (χ2v) is 5.21. The Morgan fingerprint density at radius 3 is 2.65 bits per heavy atom. The van der Waals surface area contributed by atoms with E-state index < -0.39 is 0 Å². The van der Waals surface area contributed by atoms with Crippen molar-refractivity contribution in [3.05, 3.63) is 29.3 Å². The summed E-state index contributed by atoms with van der Waals surface area (Å²) >= 11 is 6.12. The molecule has 0 saturated carbocycles. The third kappa shape index (κ3) is 9.22. The highest BCUT2D eigenvalue weighted by Crippen LogP contribution is 2.24. The zero-order chi connectivity index (χ0) is 16.2. The van der Waals surface area contributed by atoms with Gasteiger partial charge in [0.2, 0.25) is 0 Å². The smallest absolute Gasteiger partial charge is 0.191 e. The second-order valence-electron chi connectivity index (χ2n) is 4.80. The maximum absolute atomic E-state index is 6.12. The van der Waals surface area contributed by atoms with Crippen LogP contribution in [0.4, 0.5) is 0 Å². The van der Waals surface area contributed by atoms with Crippen molar-refractivity contribution >= 4 is 41.5 Å². The van der Waals surface area contributed by atoms with Crippen LogP contribution in [0.25, 0.3) is 0 Å². The zero-order valence-electron chi connectivity index (χ0n) is 14.0. The number of guanidine groups is 1. The van der Waals surface area contributed by atoms with Crippen molar-refractivity contribution in [1.82, 2.24) is 10.6 Å². The lowest BCUT2D eigenvalue weighted by atomic mass is 10.2. The number of methoxy groups -OCH3 is 1. The molecule has 0 aromatic heterocycles. The molecule has 23 heavy (non-hydrogen) atoms. The lowest BCUT2D eigenvalue weighted by molar-refractivity contribution is 0.194. The number of ether oxygens (including phenoxy) is 2. The number of hydrogen-bond donors (Lipinski definition) is 2. The number of para-hydroxylation sites is 1. The van der Waals surface area contributed by atoms with Gasteiger partial charge >= 0.3 is 0 Å². The molecule has 0 heterocycles. The van der Waals surface area contributed by atoms with Gasteiger partial charge in [-0.2, -0.15) is 0 Å². The van der Waals surface area contributed by atoms with Gasteiger partial charge in [0, 0.05) is 27.3 Å². The quantitative estimate of drug-likeness (QED) is 0.260. The van der Waals surface area contributed by atoms with Crippen molar-refractivity contribution in [3.8, 4) is 5.75 Å². The first-order chi connectivity index (χ1) is 10.7. The van der Waals surface area contributed by atoms with Crippen molar-refractivity contribution in [2.24, 2.45) is 4.99 Å². The summed E-state index contributed by atoms with van der Waals surface area (Å²) in [4.78, 5) is 4.19. The molecule has 0 amide bonds. The Labute approximate surface area is 161 Å². The van der Waals surface area contributed by atoms with Crippen LogP contribution in [0.5, 0.6) is 5.75 Å². The molecule has 0 bridgehead atoms. The summed E-state index contributed by atoms with van der Waals surface area (Å²) in [5.74, 6) is 1.47. The van der Waals surface area contributed by atoms with Gasteiger partial charge in [0.1, 0.15) is 11.9 Å². The topological polar surface area (TPSA) is 54.9 Å². The largest absolute Gasteiger partial charge is 0.487 e. The van der Waals surface area contributed by atoms with E-state index in [-0.39, 0.29) is 30.1 Å². The van der Waals surface area contributed by atoms with Crippen molar-refractivity contribution in [2.75, 3.05) is 33.9 Å². The Hall–Kier alpha value is -0.730. The van der Waals surface area contributed by atoms with Gasteiger partial charge in [-0.05, 0) is 25.0 Å². The fraction of sp³-hybridized carbons (Fsp3) is 0.562. The molecule has 0 spiro atoms. The minimum Gasteiger partial charge on any atom is -0.487 e. The Morgan fingerprint density at radius 1 is 1.30 bits per heavy atom. The molecule has 0 saturated heterocycles. The summed E-state index contributed by atoms with van der Waals surface area (Å²) in [5, 5.41) is 7.13. The van der Waals surface area contributed by atoms with Crippen molar-refractivity contribution in [3.63, 3.8) is 0 Å². The van der Waals surface area contributed by atoms with Crippen molar-refractivity contribution < 1.29 is 9.47 Å². The van der Waals surface area contributed by atoms with E-state index in [2.05, 4.69) is 22.5 Å². The zero-order valence-corrected chi connectivity index (χ0v) is 17.1. The number of nitrogens with zero attached hydrogens (tertiary/aromatic N) is 1. The normalized spacial score (nSPS) is 12.3. The predicted molar refractivity (Wildman–Crippen MR) is 107 cm³/mol. The number of halogens is 2. The lowest BCUT2D eigenvalue weighted by Gasteiger charge is -2.20. The molecular weight excluding hydrogens is 429 g/mol. The molecule has 132 valence electrons. The van der Waals surface area contributed by atoms with Gasteiger partial charge in [-0.15, -0.1) is 24.0 Å². The van der Waals surface area contributed by atoms with Crippen LogP contribution in [0.2, 0.25) is 5.02 Å². The molecule has 1 rings (SSSR count). The molecule has 7 heteroatoms. The summed E-state index contributed by atoms with van der Waals surface area (Å²) in [6.07, 6.45) is 1.83. The van der Waals surface area contributed by atoms with Gasteiger partial charge in [-0.25, -0.2) is 0 Å². The van der Waals surface area contributed by atoms with Crippen LogP contribution in [0.3, 0.4) is 0 Å². The summed E-state index contributed by atoms with van der Waals surface area (Å²) in [6.45, 7) is 4.29. The van der Waals surface area contributed by atoms with E-state index in [9.17, 15) is 0 Å². The Bertz CT molecular complexity index is 461. The van der Waals surface area contributed by atoms with E-state index in [1.807, 2.05) is 24.3 Å². The maximum Gasteiger partial charge on any atom is 0.191 e. The summed E-state index contributed by atoms with van der Waals surface area (Å²) in [7, 11) is 3.45. The van der Waals surface area contributed by atoms with Gasteiger partial charge in [-0.1, -0.05) is 30.7 Å². The standard InChI is InChI=1S/C16H26ClN3O2.HI/c1-4-13(22-15-9-6-5-8-14(15)17)12-20-16(18-2)19-10-7-11-21-3;/h5-6,8-9,13H,4,7,10-12H2,1-3H3,(H2,18,19,20);1H. The number of aliphatic imine (C=N–C) groups is 1. The third-order valence-corrected chi connectivity index (χ3v) is 3.44. The molecule has 1 aromatic rings. The van der Waals surface area contributed by atoms with E-state index in [0.29, 0.717) is 17.3 Å². The summed E-state index contributed by atoms with van der Waals surface area (Å²) < 4.78 is 11.0. The van der Waals surface area contributed by atoms with E-state index in [1.165, 1.54) is 0 Å². The van der Waals surface area contributed by atoms with Gasteiger partial charge in [0.15, 0.2) is 5.96 Å². The van der Waals surface area contributed by atoms with E-state index in [1.54, 1.807) is 14.2 Å². The van der Waals surface area contributed by atoms with Gasteiger partial charge < -0.3 is 20.1 Å². The minimum absolute atomic E-state index is 0. The van der Waals surface area contributed by atoms with Crippen LogP contribution in [0.15, 0.2) is 29.3 Å². The summed E-state index contributed by atoms with van der Waals surface area (Å²) in [6, 6.07) is 7.51. The molecular formula is C16H27ClIN3O2. The van der Waals surface area contributed by atoms with Crippen LogP contribution < -0.4 is 15.4 Å². The number of nitrogens with one attached hydrogen (secondary N) is 2. The fourth-order valence-corrected chi connectivity index (χ4v) is 2.02. The molecule has 0 fully saturated rings. The molecule has 0 aliphatic heterocycles. The Balaban J connectivity index is 0.00000484. The highest BCUT2D eigenvalue weighted by atomic mass is 127. The Kier molecular flexibility index (Phi) is 13.3. The van der Waals surface area contributed by atoms with Crippen LogP contribution in [-0.2, 0) is 4.74 Å². The minimum atomic E-state index is 0. The molecule has 5 nitrogen and oxygen atoms in total. The van der Waals surface area contributed by atoms with Gasteiger partial charge in [0.25, 0.3) is 0 Å². The lowest BCUT2D eigenvalue weighted by Crippen LogP contribution is -2.42. The highest BCUT2D eigenvalue weighted by molar-refractivity contribution is 14.0. The average molecular weight is 456 g/mol. The second kappa shape index (κ2) is 13.7. The third-order valence-electron chi connectivity index (χ3n) is 3.12. The predicted octanol–water partition coefficient (Wildman–Crippen LogP) is 3.32. The van der Waals surface area contributed by atoms with E-state index >= 15 is 0 Å². The molecule has 1 aromatic carbocycles. The van der Waals surface area contributed by atoms with E-state index in [4.69, 9.17) is 21.1 Å². The van der Waals surface area contributed by atoms with Crippen LogP contribution in [-0.4, -0.2) is 45.9 Å². The van der Waals surface area contributed by atoms with Crippen molar-refractivity contribution in [2.45, 2.75) is 25.9 Å². The van der Waals surface area contributed by atoms with Crippen molar-refractivity contribution in [1.29, 1.82) is 0 Å². The first-order valence-corrected chi connectivity index (χ1v) is 7.93. The van der Waals surface area contributed by atoms with Crippen LogP contribution in [0, 0.1) is 0 Å². The van der Waals surface area contributed by atoms with E-state index in [0.717, 1.165) is 32.0 Å². The first-order valence-electron chi connectivity index (χ1n) is 7.55.